The van der Waals surface area contributed by atoms with E-state index in [4.69, 9.17) is 4.74 Å². The molecule has 2 amide bonds. The first kappa shape index (κ1) is 22.3. The Morgan fingerprint density at radius 1 is 1.03 bits per heavy atom. The van der Waals surface area contributed by atoms with E-state index in [-0.39, 0.29) is 23.8 Å². The molecule has 4 rings (SSSR count). The lowest BCUT2D eigenvalue weighted by Crippen LogP contribution is -2.50. The van der Waals surface area contributed by atoms with Crippen molar-refractivity contribution in [2.45, 2.75) is 64.5 Å². The second-order valence-corrected chi connectivity index (χ2v) is 9.53. The van der Waals surface area contributed by atoms with Crippen LogP contribution >= 0.6 is 0 Å². The van der Waals surface area contributed by atoms with Crippen LogP contribution in [0.2, 0.25) is 0 Å². The number of nitrogens with zero attached hydrogens (tertiary/aromatic N) is 2. The molecule has 0 saturated carbocycles. The van der Waals surface area contributed by atoms with Crippen LogP contribution in [0, 0.1) is 19.8 Å². The van der Waals surface area contributed by atoms with E-state index in [0.29, 0.717) is 12.6 Å². The van der Waals surface area contributed by atoms with E-state index < -0.39 is 0 Å². The summed E-state index contributed by atoms with van der Waals surface area (Å²) in [5, 5.41) is 3.10. The first-order valence-corrected chi connectivity index (χ1v) is 12.0. The fourth-order valence-corrected chi connectivity index (χ4v) is 5.35. The average molecular weight is 428 g/mol. The number of hydrogen-bond acceptors (Lipinski definition) is 4. The number of amides is 2. The molecule has 0 bridgehead atoms. The second-order valence-electron chi connectivity index (χ2n) is 9.53. The van der Waals surface area contributed by atoms with Crippen molar-refractivity contribution in [3.63, 3.8) is 0 Å². The van der Waals surface area contributed by atoms with E-state index in [1.807, 2.05) is 24.0 Å². The minimum atomic E-state index is 0.129. The molecule has 6 nitrogen and oxygen atoms in total. The van der Waals surface area contributed by atoms with Gasteiger partial charge in [0, 0.05) is 43.8 Å². The summed E-state index contributed by atoms with van der Waals surface area (Å²) in [4.78, 5) is 30.0. The zero-order valence-corrected chi connectivity index (χ0v) is 19.1. The zero-order chi connectivity index (χ0) is 21.8. The lowest BCUT2D eigenvalue weighted by molar-refractivity contribution is -0.127. The van der Waals surface area contributed by atoms with Crippen LogP contribution in [0.5, 0.6) is 0 Å². The van der Waals surface area contributed by atoms with Crippen molar-refractivity contribution in [3.8, 4) is 0 Å². The van der Waals surface area contributed by atoms with Crippen LogP contribution in [0.4, 0.5) is 0 Å². The van der Waals surface area contributed by atoms with Gasteiger partial charge >= 0.3 is 0 Å². The normalized spacial score (nSPS) is 23.8. The number of rotatable bonds is 5. The first-order chi connectivity index (χ1) is 15.0. The summed E-state index contributed by atoms with van der Waals surface area (Å²) in [7, 11) is 0. The molecule has 1 aromatic rings. The van der Waals surface area contributed by atoms with Gasteiger partial charge in [-0.3, -0.25) is 9.59 Å². The van der Waals surface area contributed by atoms with Crippen molar-refractivity contribution in [3.05, 3.63) is 34.9 Å². The van der Waals surface area contributed by atoms with Gasteiger partial charge in [0.05, 0.1) is 6.10 Å². The molecule has 170 valence electrons. The predicted octanol–water partition coefficient (Wildman–Crippen LogP) is 2.92. The molecule has 0 spiro atoms. The van der Waals surface area contributed by atoms with Gasteiger partial charge in [0.15, 0.2) is 0 Å². The Bertz CT molecular complexity index is 774. The lowest BCUT2D eigenvalue weighted by Gasteiger charge is -2.41. The Kier molecular flexibility index (Phi) is 7.28. The highest BCUT2D eigenvalue weighted by Crippen LogP contribution is 2.25. The second kappa shape index (κ2) is 10.1. The van der Waals surface area contributed by atoms with Crippen LogP contribution in [0.15, 0.2) is 18.2 Å². The van der Waals surface area contributed by atoms with Crippen LogP contribution in [-0.2, 0) is 9.53 Å². The molecule has 1 atom stereocenters. The lowest BCUT2D eigenvalue weighted by atomic mass is 9.92. The summed E-state index contributed by atoms with van der Waals surface area (Å²) in [5.41, 5.74) is 3.09. The van der Waals surface area contributed by atoms with E-state index >= 15 is 0 Å². The van der Waals surface area contributed by atoms with Crippen LogP contribution in [0.3, 0.4) is 0 Å². The molecule has 0 aromatic heterocycles. The topological polar surface area (TPSA) is 61.9 Å². The Balaban J connectivity index is 1.20. The minimum absolute atomic E-state index is 0.129. The molecule has 1 N–H and O–H groups in total. The van der Waals surface area contributed by atoms with Crippen molar-refractivity contribution in [1.29, 1.82) is 0 Å². The van der Waals surface area contributed by atoms with Crippen molar-refractivity contribution < 1.29 is 14.3 Å². The van der Waals surface area contributed by atoms with Gasteiger partial charge in [0.25, 0.3) is 5.91 Å². The van der Waals surface area contributed by atoms with Crippen LogP contribution in [-0.4, -0.2) is 73.1 Å². The molecule has 1 aromatic carbocycles. The number of aryl methyl sites for hydroxylation is 2. The first-order valence-electron chi connectivity index (χ1n) is 12.0. The maximum absolute atomic E-state index is 12.9. The highest BCUT2D eigenvalue weighted by molar-refractivity contribution is 5.95. The number of carbonyl (C=O) groups is 2. The van der Waals surface area contributed by atoms with E-state index in [1.165, 1.54) is 5.56 Å². The summed E-state index contributed by atoms with van der Waals surface area (Å²) >= 11 is 0. The quantitative estimate of drug-likeness (QED) is 0.785. The molecule has 1 unspecified atom stereocenters. The number of nitrogens with one attached hydrogen (secondary N) is 1. The fourth-order valence-electron chi connectivity index (χ4n) is 5.35. The zero-order valence-electron chi connectivity index (χ0n) is 19.1. The van der Waals surface area contributed by atoms with Crippen LogP contribution in [0.25, 0.3) is 0 Å². The molecule has 0 radical (unpaired) electrons. The minimum Gasteiger partial charge on any atom is -0.376 e. The van der Waals surface area contributed by atoms with Crippen molar-refractivity contribution in [2.24, 2.45) is 5.92 Å². The van der Waals surface area contributed by atoms with Gasteiger partial charge in [-0.25, -0.2) is 0 Å². The van der Waals surface area contributed by atoms with Gasteiger partial charge in [-0.15, -0.1) is 0 Å². The summed E-state index contributed by atoms with van der Waals surface area (Å²) in [6.45, 7) is 9.16. The molecule has 3 fully saturated rings. The molecular formula is C25H37N3O3. The number of carbonyl (C=O) groups excluding carboxylic acids is 2. The fraction of sp³-hybridized carbons (Fsp3) is 0.680. The largest absolute Gasteiger partial charge is 0.376 e. The van der Waals surface area contributed by atoms with Crippen LogP contribution in [0.1, 0.15) is 60.0 Å². The molecule has 3 aliphatic heterocycles. The Labute approximate surface area is 186 Å². The number of hydrogen-bond donors (Lipinski definition) is 1. The highest BCUT2D eigenvalue weighted by Gasteiger charge is 2.32. The SMILES string of the molecule is Cc1ccc(C(=O)N2CCC(N3CCC(C(=O)NCC4CCCO4)CC3)CC2)c(C)c1. The summed E-state index contributed by atoms with van der Waals surface area (Å²) in [6, 6.07) is 6.60. The Hall–Kier alpha value is -1.92. The molecule has 6 heteroatoms. The average Bonchev–Trinajstić information content (AvgIpc) is 3.31. The van der Waals surface area contributed by atoms with E-state index in [0.717, 1.165) is 82.4 Å². The van der Waals surface area contributed by atoms with Gasteiger partial charge in [-0.05, 0) is 77.1 Å². The molecule has 3 saturated heterocycles. The molecule has 3 heterocycles. The summed E-state index contributed by atoms with van der Waals surface area (Å²) < 4.78 is 5.60. The molecule has 0 aliphatic carbocycles. The van der Waals surface area contributed by atoms with Crippen LogP contribution < -0.4 is 5.32 Å². The molecule has 31 heavy (non-hydrogen) atoms. The predicted molar refractivity (Wildman–Crippen MR) is 121 cm³/mol. The smallest absolute Gasteiger partial charge is 0.254 e. The molecule has 3 aliphatic rings. The standard InChI is InChI=1S/C25H37N3O3/c1-18-5-6-23(19(2)16-18)25(30)28-13-9-21(10-14-28)27-11-7-20(8-12-27)24(29)26-17-22-4-3-15-31-22/h5-6,16,20-22H,3-4,7-15,17H2,1-2H3,(H,26,29). The Morgan fingerprint density at radius 2 is 1.77 bits per heavy atom. The number of likely N-dealkylation sites (tertiary alicyclic amines) is 2. The van der Waals surface area contributed by atoms with E-state index in [9.17, 15) is 9.59 Å². The van der Waals surface area contributed by atoms with Crippen molar-refractivity contribution in [1.82, 2.24) is 15.1 Å². The Morgan fingerprint density at radius 3 is 2.42 bits per heavy atom. The highest BCUT2D eigenvalue weighted by atomic mass is 16.5. The number of ether oxygens (including phenoxy) is 1. The number of piperidine rings is 2. The third-order valence-corrected chi connectivity index (χ3v) is 7.31. The summed E-state index contributed by atoms with van der Waals surface area (Å²) in [5.74, 6) is 0.491. The van der Waals surface area contributed by atoms with Gasteiger partial charge in [-0.1, -0.05) is 17.7 Å². The monoisotopic (exact) mass is 427 g/mol. The van der Waals surface area contributed by atoms with Crippen molar-refractivity contribution in [2.75, 3.05) is 39.3 Å². The third-order valence-electron chi connectivity index (χ3n) is 7.31. The molecular weight excluding hydrogens is 390 g/mol. The van der Waals surface area contributed by atoms with Gasteiger partial charge < -0.3 is 19.9 Å². The van der Waals surface area contributed by atoms with E-state index in [1.54, 1.807) is 0 Å². The van der Waals surface area contributed by atoms with Gasteiger partial charge in [0.2, 0.25) is 5.91 Å². The number of benzene rings is 1. The maximum Gasteiger partial charge on any atom is 0.254 e. The van der Waals surface area contributed by atoms with Crippen molar-refractivity contribution >= 4 is 11.8 Å². The van der Waals surface area contributed by atoms with Gasteiger partial charge in [0.1, 0.15) is 0 Å². The summed E-state index contributed by atoms with van der Waals surface area (Å²) in [6.07, 6.45) is 6.27. The third kappa shape index (κ3) is 5.47. The van der Waals surface area contributed by atoms with E-state index in [2.05, 4.69) is 23.2 Å². The maximum atomic E-state index is 12.9. The van der Waals surface area contributed by atoms with Gasteiger partial charge in [-0.2, -0.15) is 0 Å².